The van der Waals surface area contributed by atoms with E-state index in [1.54, 1.807) is 31.4 Å². The molecule has 3 rings (SSSR count). The van der Waals surface area contributed by atoms with E-state index in [0.29, 0.717) is 18.0 Å². The standard InChI is InChI=1S/C21H24N2O3/c1-13(2)16-6-4-5-7-19(16)23-21(25)18-12-17(18)20(24)22-14-8-10-15(26-3)11-9-14/h4-11,13,17-18H,12H2,1-3H3,(H,22,24)(H,23,25). The average molecular weight is 352 g/mol. The summed E-state index contributed by atoms with van der Waals surface area (Å²) in [5, 5.41) is 5.84. The van der Waals surface area contributed by atoms with Crippen LogP contribution in [0.1, 0.15) is 31.7 Å². The zero-order valence-corrected chi connectivity index (χ0v) is 15.3. The molecule has 2 aromatic carbocycles. The van der Waals surface area contributed by atoms with Crippen LogP contribution in [0, 0.1) is 11.8 Å². The Morgan fingerprint density at radius 2 is 1.58 bits per heavy atom. The van der Waals surface area contributed by atoms with Crippen LogP contribution in [0.3, 0.4) is 0 Å². The maximum absolute atomic E-state index is 12.5. The van der Waals surface area contributed by atoms with Crippen LogP contribution < -0.4 is 15.4 Å². The van der Waals surface area contributed by atoms with E-state index in [1.165, 1.54) is 0 Å². The van der Waals surface area contributed by atoms with Crippen molar-refractivity contribution >= 4 is 23.2 Å². The Labute approximate surface area is 153 Å². The predicted molar refractivity (Wildman–Crippen MR) is 102 cm³/mol. The largest absolute Gasteiger partial charge is 0.497 e. The van der Waals surface area contributed by atoms with Crippen LogP contribution >= 0.6 is 0 Å². The van der Waals surface area contributed by atoms with Crippen molar-refractivity contribution in [2.24, 2.45) is 11.8 Å². The molecule has 1 fully saturated rings. The van der Waals surface area contributed by atoms with Gasteiger partial charge in [0, 0.05) is 11.4 Å². The first kappa shape index (κ1) is 18.0. The molecule has 2 atom stereocenters. The van der Waals surface area contributed by atoms with Gasteiger partial charge in [0.25, 0.3) is 0 Å². The van der Waals surface area contributed by atoms with Gasteiger partial charge in [-0.1, -0.05) is 32.0 Å². The van der Waals surface area contributed by atoms with Crippen LogP contribution in [-0.2, 0) is 9.59 Å². The van der Waals surface area contributed by atoms with E-state index in [9.17, 15) is 9.59 Å². The number of carbonyl (C=O) groups excluding carboxylic acids is 2. The highest BCUT2D eigenvalue weighted by Gasteiger charge is 2.48. The number of amides is 2. The molecule has 0 saturated heterocycles. The lowest BCUT2D eigenvalue weighted by atomic mass is 10.0. The van der Waals surface area contributed by atoms with Crippen molar-refractivity contribution in [3.8, 4) is 5.75 Å². The van der Waals surface area contributed by atoms with E-state index >= 15 is 0 Å². The first-order chi connectivity index (χ1) is 12.5. The number of benzene rings is 2. The molecule has 1 aliphatic rings. The summed E-state index contributed by atoms with van der Waals surface area (Å²) < 4.78 is 5.10. The molecule has 0 heterocycles. The van der Waals surface area contributed by atoms with E-state index in [0.717, 1.165) is 17.0 Å². The molecule has 0 aliphatic heterocycles. The Morgan fingerprint density at radius 1 is 0.962 bits per heavy atom. The number of hydrogen-bond acceptors (Lipinski definition) is 3. The number of anilines is 2. The van der Waals surface area contributed by atoms with E-state index in [4.69, 9.17) is 4.74 Å². The van der Waals surface area contributed by atoms with Crippen molar-refractivity contribution < 1.29 is 14.3 Å². The van der Waals surface area contributed by atoms with Crippen LogP contribution in [0.4, 0.5) is 11.4 Å². The van der Waals surface area contributed by atoms with Gasteiger partial charge in [-0.25, -0.2) is 0 Å². The summed E-state index contributed by atoms with van der Waals surface area (Å²) in [4.78, 5) is 24.8. The third kappa shape index (κ3) is 4.04. The Morgan fingerprint density at radius 3 is 2.19 bits per heavy atom. The molecule has 26 heavy (non-hydrogen) atoms. The van der Waals surface area contributed by atoms with Gasteiger partial charge in [-0.2, -0.15) is 0 Å². The molecule has 2 N–H and O–H groups in total. The third-order valence-corrected chi connectivity index (χ3v) is 4.66. The summed E-state index contributed by atoms with van der Waals surface area (Å²) in [6.07, 6.45) is 0.581. The molecule has 2 unspecified atom stereocenters. The Kier molecular flexibility index (Phi) is 5.26. The number of nitrogens with one attached hydrogen (secondary N) is 2. The molecule has 0 aromatic heterocycles. The van der Waals surface area contributed by atoms with Gasteiger partial charge in [0.2, 0.25) is 11.8 Å². The topological polar surface area (TPSA) is 67.4 Å². The smallest absolute Gasteiger partial charge is 0.228 e. The fourth-order valence-electron chi connectivity index (χ4n) is 3.02. The maximum atomic E-state index is 12.5. The van der Waals surface area contributed by atoms with E-state index in [-0.39, 0.29) is 23.7 Å². The number of carbonyl (C=O) groups is 2. The lowest BCUT2D eigenvalue weighted by Crippen LogP contribution is -2.21. The van der Waals surface area contributed by atoms with Gasteiger partial charge in [0.15, 0.2) is 0 Å². The number of methoxy groups -OCH3 is 1. The molecule has 2 amide bonds. The lowest BCUT2D eigenvalue weighted by molar-refractivity contribution is -0.122. The van der Waals surface area contributed by atoms with E-state index < -0.39 is 0 Å². The quantitative estimate of drug-likeness (QED) is 0.825. The molecule has 0 spiro atoms. The minimum Gasteiger partial charge on any atom is -0.497 e. The van der Waals surface area contributed by atoms with E-state index in [1.807, 2.05) is 24.3 Å². The Balaban J connectivity index is 1.57. The van der Waals surface area contributed by atoms with Crippen LogP contribution in [0.15, 0.2) is 48.5 Å². The fraction of sp³-hybridized carbons (Fsp3) is 0.333. The highest BCUT2D eigenvalue weighted by atomic mass is 16.5. The lowest BCUT2D eigenvalue weighted by Gasteiger charge is -2.13. The molecule has 2 aromatic rings. The first-order valence-corrected chi connectivity index (χ1v) is 8.84. The number of hydrogen-bond donors (Lipinski definition) is 2. The van der Waals surface area contributed by atoms with Gasteiger partial charge in [-0.15, -0.1) is 0 Å². The second-order valence-corrected chi connectivity index (χ2v) is 6.90. The summed E-state index contributed by atoms with van der Waals surface area (Å²) in [5.41, 5.74) is 2.63. The molecule has 0 bridgehead atoms. The SMILES string of the molecule is COc1ccc(NC(=O)C2CC2C(=O)Nc2ccccc2C(C)C)cc1. The third-order valence-electron chi connectivity index (χ3n) is 4.66. The zero-order chi connectivity index (χ0) is 18.7. The van der Waals surface area contributed by atoms with Crippen molar-refractivity contribution in [3.05, 3.63) is 54.1 Å². The van der Waals surface area contributed by atoms with Gasteiger partial charge >= 0.3 is 0 Å². The highest BCUT2D eigenvalue weighted by Crippen LogP contribution is 2.40. The number of rotatable bonds is 6. The van der Waals surface area contributed by atoms with Crippen molar-refractivity contribution in [2.75, 3.05) is 17.7 Å². The van der Waals surface area contributed by atoms with Crippen molar-refractivity contribution in [2.45, 2.75) is 26.2 Å². The van der Waals surface area contributed by atoms with Gasteiger partial charge < -0.3 is 15.4 Å². The molecule has 5 heteroatoms. The normalized spacial score (nSPS) is 18.3. The van der Waals surface area contributed by atoms with Crippen LogP contribution in [0.25, 0.3) is 0 Å². The minimum atomic E-state index is -0.275. The summed E-state index contributed by atoms with van der Waals surface area (Å²) in [7, 11) is 1.60. The molecular weight excluding hydrogens is 328 g/mol. The Bertz CT molecular complexity index is 799. The highest BCUT2D eigenvalue weighted by molar-refractivity contribution is 6.03. The maximum Gasteiger partial charge on any atom is 0.228 e. The van der Waals surface area contributed by atoms with E-state index in [2.05, 4.69) is 24.5 Å². The summed E-state index contributed by atoms with van der Waals surface area (Å²) in [5.74, 6) is 0.299. The molecule has 0 radical (unpaired) electrons. The van der Waals surface area contributed by atoms with Gasteiger partial charge in [-0.05, 0) is 48.2 Å². The van der Waals surface area contributed by atoms with Crippen molar-refractivity contribution in [3.63, 3.8) is 0 Å². The first-order valence-electron chi connectivity index (χ1n) is 8.84. The van der Waals surface area contributed by atoms with Crippen molar-refractivity contribution in [1.29, 1.82) is 0 Å². The fourth-order valence-corrected chi connectivity index (χ4v) is 3.02. The number of ether oxygens (including phenoxy) is 1. The van der Waals surface area contributed by atoms with Gasteiger partial charge in [0.05, 0.1) is 18.9 Å². The zero-order valence-electron chi connectivity index (χ0n) is 15.3. The van der Waals surface area contributed by atoms with Crippen LogP contribution in [0.2, 0.25) is 0 Å². The second kappa shape index (κ2) is 7.60. The molecule has 136 valence electrons. The predicted octanol–water partition coefficient (Wildman–Crippen LogP) is 4.03. The summed E-state index contributed by atoms with van der Waals surface area (Å²) in [6, 6.07) is 14.9. The molecule has 1 saturated carbocycles. The minimum absolute atomic E-state index is 0.0898. The number of para-hydroxylation sites is 1. The monoisotopic (exact) mass is 352 g/mol. The van der Waals surface area contributed by atoms with Gasteiger partial charge in [0.1, 0.15) is 5.75 Å². The van der Waals surface area contributed by atoms with Crippen molar-refractivity contribution in [1.82, 2.24) is 0 Å². The Hall–Kier alpha value is -2.82. The molecular formula is C21H24N2O3. The van der Waals surface area contributed by atoms with Crippen LogP contribution in [-0.4, -0.2) is 18.9 Å². The molecule has 1 aliphatic carbocycles. The van der Waals surface area contributed by atoms with Gasteiger partial charge in [-0.3, -0.25) is 9.59 Å². The second-order valence-electron chi connectivity index (χ2n) is 6.90. The summed E-state index contributed by atoms with van der Waals surface area (Å²) >= 11 is 0. The average Bonchev–Trinajstić information content (AvgIpc) is 3.43. The molecule has 5 nitrogen and oxygen atoms in total. The van der Waals surface area contributed by atoms with Crippen LogP contribution in [0.5, 0.6) is 5.75 Å². The summed E-state index contributed by atoms with van der Waals surface area (Å²) in [6.45, 7) is 4.18.